The Hall–Kier alpha value is -3.43. The lowest BCUT2D eigenvalue weighted by Crippen LogP contribution is -2.41. The molecule has 0 saturated carbocycles. The normalized spacial score (nSPS) is 13.8. The van der Waals surface area contributed by atoms with Gasteiger partial charge in [0.1, 0.15) is 28.8 Å². The Balaban J connectivity index is 1.87. The second kappa shape index (κ2) is 12.4. The van der Waals surface area contributed by atoms with E-state index in [1.165, 1.54) is 10.7 Å². The number of fused-ring (bicyclic) bond motifs is 1. The van der Waals surface area contributed by atoms with Crippen LogP contribution in [0.2, 0.25) is 18.1 Å². The Morgan fingerprint density at radius 1 is 1.00 bits per heavy atom. The van der Waals surface area contributed by atoms with Gasteiger partial charge in [0.25, 0.3) is 9.84 Å². The molecule has 0 N–H and O–H groups in total. The highest BCUT2D eigenvalue weighted by molar-refractivity contribution is 7.91. The average Bonchev–Trinajstić information content (AvgIpc) is 3.27. The first kappa shape index (κ1) is 34.4. The number of alkyl halides is 3. The third kappa shape index (κ3) is 7.36. The molecule has 244 valence electrons. The lowest BCUT2D eigenvalue weighted by molar-refractivity contribution is -0.0437. The first-order valence-electron chi connectivity index (χ1n) is 14.2. The van der Waals surface area contributed by atoms with E-state index < -0.39 is 52.8 Å². The number of benzene rings is 2. The van der Waals surface area contributed by atoms with Crippen LogP contribution < -0.4 is 4.74 Å². The molecule has 0 aliphatic carbocycles. The fourth-order valence-corrected chi connectivity index (χ4v) is 6.47. The van der Waals surface area contributed by atoms with Crippen molar-refractivity contribution in [1.82, 2.24) is 19.7 Å². The van der Waals surface area contributed by atoms with E-state index in [9.17, 15) is 30.4 Å². The molecule has 45 heavy (non-hydrogen) atoms. The molecule has 2 aromatic carbocycles. The maximum absolute atomic E-state index is 15.0. The van der Waals surface area contributed by atoms with Crippen molar-refractivity contribution in [3.63, 3.8) is 0 Å². The van der Waals surface area contributed by atoms with Crippen LogP contribution >= 0.6 is 0 Å². The first-order valence-corrected chi connectivity index (χ1v) is 18.7. The second-order valence-electron chi connectivity index (χ2n) is 12.2. The number of halogens is 5. The Labute approximate surface area is 259 Å². The molecular formula is C30H35F5N4O4SSi. The summed E-state index contributed by atoms with van der Waals surface area (Å²) in [5.74, 6) is -3.26. The number of rotatable bonds is 10. The summed E-state index contributed by atoms with van der Waals surface area (Å²) >= 11 is 0. The highest BCUT2D eigenvalue weighted by Gasteiger charge is 2.46. The number of ether oxygens (including phenoxy) is 1. The molecule has 15 heteroatoms. The minimum Gasteiger partial charge on any atom is -0.494 e. The van der Waals surface area contributed by atoms with Crippen LogP contribution in [0.4, 0.5) is 22.0 Å². The van der Waals surface area contributed by atoms with E-state index in [4.69, 9.17) is 9.16 Å². The Kier molecular flexibility index (Phi) is 9.49. The predicted molar refractivity (Wildman–Crippen MR) is 163 cm³/mol. The summed E-state index contributed by atoms with van der Waals surface area (Å²) in [6, 6.07) is 9.99. The molecule has 0 radical (unpaired) electrons. The molecule has 4 rings (SSSR count). The van der Waals surface area contributed by atoms with E-state index in [1.54, 1.807) is 38.1 Å². The molecule has 2 aromatic heterocycles. The first-order chi connectivity index (χ1) is 20.7. The molecule has 8 nitrogen and oxygen atoms in total. The number of aromatic nitrogens is 4. The van der Waals surface area contributed by atoms with Gasteiger partial charge in [0.15, 0.2) is 14.1 Å². The van der Waals surface area contributed by atoms with Crippen molar-refractivity contribution >= 4 is 29.1 Å². The maximum Gasteiger partial charge on any atom is 0.497 e. The molecule has 0 spiro atoms. The standard InChI is InChI=1S/C30H35F5N4O4SSi/c1-8-42-20-14-23(31)22(24(32)15-20)16-39-26-12-10-9-11-21(26)27(38-39)28-36-19(17-44(40,41)30(33,34)35)13-25(37-28)18(2)43-45(6,7)29(3,4)5/h9-15,18H,8,16-17H2,1-7H3/t18-/m0/s1. The van der Waals surface area contributed by atoms with Crippen LogP contribution in [0.5, 0.6) is 5.75 Å². The minimum atomic E-state index is -5.59. The quantitative estimate of drug-likeness (QED) is 0.126. The molecule has 0 saturated heterocycles. The van der Waals surface area contributed by atoms with Crippen molar-refractivity contribution in [2.24, 2.45) is 0 Å². The van der Waals surface area contributed by atoms with Gasteiger partial charge in [0, 0.05) is 23.1 Å². The zero-order chi connectivity index (χ0) is 33.5. The lowest BCUT2D eigenvalue weighted by Gasteiger charge is -2.38. The fourth-order valence-electron chi connectivity index (χ4n) is 4.41. The summed E-state index contributed by atoms with van der Waals surface area (Å²) in [5.41, 5.74) is -5.50. The molecule has 0 aliphatic rings. The van der Waals surface area contributed by atoms with Crippen LogP contribution in [0, 0.1) is 11.6 Å². The summed E-state index contributed by atoms with van der Waals surface area (Å²) < 4.78 is 107. The largest absolute Gasteiger partial charge is 0.497 e. The van der Waals surface area contributed by atoms with Gasteiger partial charge in [0.05, 0.1) is 36.2 Å². The molecule has 0 amide bonds. The summed E-state index contributed by atoms with van der Waals surface area (Å²) in [5, 5.41) is 4.75. The van der Waals surface area contributed by atoms with Crippen LogP contribution in [0.15, 0.2) is 42.5 Å². The molecule has 0 aliphatic heterocycles. The SMILES string of the molecule is CCOc1cc(F)c(Cn2nc(-c3nc(CS(=O)(=O)C(F)(F)F)cc([C@H](C)O[Si](C)(C)C(C)(C)C)n3)c3ccccc32)c(F)c1. The smallest absolute Gasteiger partial charge is 0.494 e. The number of hydrogen-bond donors (Lipinski definition) is 0. The van der Waals surface area contributed by atoms with Gasteiger partial charge >= 0.3 is 5.51 Å². The van der Waals surface area contributed by atoms with Crippen molar-refractivity contribution in [3.8, 4) is 17.3 Å². The fraction of sp³-hybridized carbons (Fsp3) is 0.433. The van der Waals surface area contributed by atoms with Gasteiger partial charge in [0.2, 0.25) is 0 Å². The van der Waals surface area contributed by atoms with Crippen LogP contribution in [-0.4, -0.2) is 48.6 Å². The van der Waals surface area contributed by atoms with Crippen molar-refractivity contribution in [1.29, 1.82) is 0 Å². The Morgan fingerprint density at radius 2 is 1.62 bits per heavy atom. The van der Waals surface area contributed by atoms with E-state index in [-0.39, 0.29) is 46.7 Å². The molecule has 0 bridgehead atoms. The Morgan fingerprint density at radius 3 is 2.20 bits per heavy atom. The van der Waals surface area contributed by atoms with Gasteiger partial charge in [-0.15, -0.1) is 0 Å². The van der Waals surface area contributed by atoms with Gasteiger partial charge < -0.3 is 9.16 Å². The molecule has 0 unspecified atom stereocenters. The van der Waals surface area contributed by atoms with E-state index in [2.05, 4.69) is 15.1 Å². The molecule has 1 atom stereocenters. The van der Waals surface area contributed by atoms with Gasteiger partial charge in [-0.25, -0.2) is 27.2 Å². The Bertz CT molecular complexity index is 1800. The van der Waals surface area contributed by atoms with E-state index >= 15 is 0 Å². The zero-order valence-electron chi connectivity index (χ0n) is 26.0. The summed E-state index contributed by atoms with van der Waals surface area (Å²) in [6.45, 7) is 13.3. The summed E-state index contributed by atoms with van der Waals surface area (Å²) in [4.78, 5) is 8.76. The van der Waals surface area contributed by atoms with Crippen LogP contribution in [0.25, 0.3) is 22.4 Å². The molecule has 0 fully saturated rings. The number of nitrogens with zero attached hydrogens (tertiary/aromatic N) is 4. The van der Waals surface area contributed by atoms with Crippen LogP contribution in [-0.2, 0) is 26.6 Å². The third-order valence-electron chi connectivity index (χ3n) is 7.79. The lowest BCUT2D eigenvalue weighted by atomic mass is 10.1. The summed E-state index contributed by atoms with van der Waals surface area (Å²) in [7, 11) is -7.99. The van der Waals surface area contributed by atoms with Crippen molar-refractivity contribution in [2.45, 2.75) is 76.7 Å². The zero-order valence-corrected chi connectivity index (χ0v) is 27.8. The minimum absolute atomic E-state index is 0.0304. The number of hydrogen-bond acceptors (Lipinski definition) is 7. The maximum atomic E-state index is 15.0. The number of para-hydroxylation sites is 1. The van der Waals surface area contributed by atoms with E-state index in [0.29, 0.717) is 10.9 Å². The molecular weight excluding hydrogens is 635 g/mol. The van der Waals surface area contributed by atoms with Gasteiger partial charge in [-0.3, -0.25) is 4.68 Å². The van der Waals surface area contributed by atoms with Crippen LogP contribution in [0.1, 0.15) is 57.7 Å². The predicted octanol–water partition coefficient (Wildman–Crippen LogP) is 7.74. The van der Waals surface area contributed by atoms with Crippen LogP contribution in [0.3, 0.4) is 0 Å². The topological polar surface area (TPSA) is 96.2 Å². The average molecular weight is 671 g/mol. The summed E-state index contributed by atoms with van der Waals surface area (Å²) in [6.07, 6.45) is -0.736. The number of sulfone groups is 1. The van der Waals surface area contributed by atoms with Gasteiger partial charge in [-0.05, 0) is 44.1 Å². The highest BCUT2D eigenvalue weighted by atomic mass is 32.2. The van der Waals surface area contributed by atoms with Gasteiger partial charge in [-0.1, -0.05) is 39.0 Å². The second-order valence-corrected chi connectivity index (χ2v) is 18.9. The molecule has 2 heterocycles. The monoisotopic (exact) mass is 670 g/mol. The van der Waals surface area contributed by atoms with Crippen molar-refractivity contribution in [2.75, 3.05) is 6.61 Å². The van der Waals surface area contributed by atoms with E-state index in [0.717, 1.165) is 12.1 Å². The molecule has 4 aromatic rings. The highest BCUT2D eigenvalue weighted by Crippen LogP contribution is 2.40. The third-order valence-corrected chi connectivity index (χ3v) is 13.7. The van der Waals surface area contributed by atoms with E-state index in [1.807, 2.05) is 33.9 Å². The van der Waals surface area contributed by atoms with Crippen molar-refractivity contribution in [3.05, 3.63) is 71.1 Å². The van der Waals surface area contributed by atoms with Crippen molar-refractivity contribution < 1.29 is 39.5 Å². The van der Waals surface area contributed by atoms with Gasteiger partial charge in [-0.2, -0.15) is 18.3 Å².